The summed E-state index contributed by atoms with van der Waals surface area (Å²) in [6, 6.07) is 9.68. The molecule has 26 heavy (non-hydrogen) atoms. The fourth-order valence-electron chi connectivity index (χ4n) is 2.50. The normalized spacial score (nSPS) is 11.1. The number of benzene rings is 1. The Morgan fingerprint density at radius 2 is 2.15 bits per heavy atom. The summed E-state index contributed by atoms with van der Waals surface area (Å²) < 4.78 is 8.33. The van der Waals surface area contributed by atoms with Crippen molar-refractivity contribution >= 4 is 45.9 Å². The van der Waals surface area contributed by atoms with E-state index in [0.29, 0.717) is 22.7 Å². The summed E-state index contributed by atoms with van der Waals surface area (Å²) in [5.74, 6) is 1.81. The third kappa shape index (κ3) is 4.29. The standard InChI is InChI=1S/C18H19IN4O2S/c1-11(2)13-9-12(19)6-7-14(13)20-16(24)10-26-18-22-21-17(23(18)3)15-5-4-8-25-15/h4-9,11H,10H2,1-3H3,(H,20,24). The Balaban J connectivity index is 1.65. The van der Waals surface area contributed by atoms with E-state index in [1.165, 1.54) is 11.8 Å². The van der Waals surface area contributed by atoms with Crippen LogP contribution in [0.4, 0.5) is 5.69 Å². The minimum atomic E-state index is -0.0688. The van der Waals surface area contributed by atoms with E-state index in [9.17, 15) is 4.79 Å². The van der Waals surface area contributed by atoms with Crippen LogP contribution in [0.3, 0.4) is 0 Å². The lowest BCUT2D eigenvalue weighted by molar-refractivity contribution is -0.113. The molecular weight excluding hydrogens is 463 g/mol. The zero-order valence-corrected chi connectivity index (χ0v) is 17.7. The predicted octanol–water partition coefficient (Wildman–Crippen LogP) is 4.53. The molecule has 0 aliphatic heterocycles. The summed E-state index contributed by atoms with van der Waals surface area (Å²) in [7, 11) is 1.86. The van der Waals surface area contributed by atoms with Gasteiger partial charge in [0.15, 0.2) is 16.7 Å². The molecule has 1 amide bonds. The number of carbonyl (C=O) groups is 1. The van der Waals surface area contributed by atoms with Gasteiger partial charge in [-0.25, -0.2) is 0 Å². The van der Waals surface area contributed by atoms with Crippen molar-refractivity contribution in [1.29, 1.82) is 0 Å². The highest BCUT2D eigenvalue weighted by molar-refractivity contribution is 14.1. The molecule has 0 spiro atoms. The molecule has 0 atom stereocenters. The van der Waals surface area contributed by atoms with E-state index < -0.39 is 0 Å². The van der Waals surface area contributed by atoms with Gasteiger partial charge in [-0.1, -0.05) is 25.6 Å². The number of hydrogen-bond acceptors (Lipinski definition) is 5. The van der Waals surface area contributed by atoms with Gasteiger partial charge in [-0.05, 0) is 64.4 Å². The van der Waals surface area contributed by atoms with E-state index >= 15 is 0 Å². The minimum absolute atomic E-state index is 0.0688. The Bertz CT molecular complexity index is 906. The van der Waals surface area contributed by atoms with Gasteiger partial charge in [-0.2, -0.15) is 0 Å². The van der Waals surface area contributed by atoms with Crippen molar-refractivity contribution in [1.82, 2.24) is 14.8 Å². The van der Waals surface area contributed by atoms with Gasteiger partial charge in [0.1, 0.15) is 0 Å². The number of aromatic nitrogens is 3. The van der Waals surface area contributed by atoms with E-state index in [2.05, 4.69) is 58.0 Å². The Morgan fingerprint density at radius 3 is 2.85 bits per heavy atom. The number of carbonyl (C=O) groups excluding carboxylic acids is 1. The summed E-state index contributed by atoms with van der Waals surface area (Å²) in [6.07, 6.45) is 1.59. The van der Waals surface area contributed by atoms with Gasteiger partial charge in [0.2, 0.25) is 5.91 Å². The number of furan rings is 1. The van der Waals surface area contributed by atoms with Crippen molar-refractivity contribution in [2.45, 2.75) is 24.9 Å². The zero-order chi connectivity index (χ0) is 18.7. The molecule has 0 fully saturated rings. The van der Waals surface area contributed by atoms with Gasteiger partial charge in [-0.15, -0.1) is 10.2 Å². The molecule has 0 bridgehead atoms. The first kappa shape index (κ1) is 19.0. The van der Waals surface area contributed by atoms with E-state index in [4.69, 9.17) is 4.42 Å². The second-order valence-electron chi connectivity index (χ2n) is 6.07. The maximum Gasteiger partial charge on any atom is 0.234 e. The van der Waals surface area contributed by atoms with Gasteiger partial charge in [0.05, 0.1) is 12.0 Å². The molecule has 0 aliphatic rings. The van der Waals surface area contributed by atoms with Crippen LogP contribution < -0.4 is 5.32 Å². The first-order valence-electron chi connectivity index (χ1n) is 8.11. The molecule has 0 aliphatic carbocycles. The number of anilines is 1. The second-order valence-corrected chi connectivity index (χ2v) is 8.25. The topological polar surface area (TPSA) is 73.0 Å². The average Bonchev–Trinajstić information content (AvgIpc) is 3.24. The largest absolute Gasteiger partial charge is 0.461 e. The van der Waals surface area contributed by atoms with E-state index in [0.717, 1.165) is 14.8 Å². The van der Waals surface area contributed by atoms with Crippen molar-refractivity contribution < 1.29 is 9.21 Å². The maximum absolute atomic E-state index is 12.4. The van der Waals surface area contributed by atoms with Gasteiger partial charge in [0.25, 0.3) is 0 Å². The van der Waals surface area contributed by atoms with Gasteiger partial charge in [0, 0.05) is 16.3 Å². The van der Waals surface area contributed by atoms with E-state index in [1.54, 1.807) is 12.3 Å². The molecule has 3 rings (SSSR count). The molecule has 136 valence electrons. The van der Waals surface area contributed by atoms with Crippen LogP contribution in [0.15, 0.2) is 46.2 Å². The van der Waals surface area contributed by atoms with Crippen LogP contribution in [0, 0.1) is 3.57 Å². The number of nitrogens with one attached hydrogen (secondary N) is 1. The lowest BCUT2D eigenvalue weighted by Gasteiger charge is -2.14. The predicted molar refractivity (Wildman–Crippen MR) is 111 cm³/mol. The van der Waals surface area contributed by atoms with Crippen LogP contribution in [0.5, 0.6) is 0 Å². The Morgan fingerprint density at radius 1 is 1.35 bits per heavy atom. The van der Waals surface area contributed by atoms with Gasteiger partial charge in [-0.3, -0.25) is 4.79 Å². The quantitative estimate of drug-likeness (QED) is 0.413. The third-order valence-electron chi connectivity index (χ3n) is 3.82. The van der Waals surface area contributed by atoms with Crippen LogP contribution in [0.2, 0.25) is 0 Å². The number of nitrogens with zero attached hydrogens (tertiary/aromatic N) is 3. The second kappa shape index (κ2) is 8.26. The summed E-state index contributed by atoms with van der Waals surface area (Å²) in [5, 5.41) is 11.9. The Hall–Kier alpha value is -1.81. The highest BCUT2D eigenvalue weighted by Gasteiger charge is 2.15. The van der Waals surface area contributed by atoms with Crippen molar-refractivity contribution in [2.75, 3.05) is 11.1 Å². The maximum atomic E-state index is 12.4. The van der Waals surface area contributed by atoms with Crippen LogP contribution in [-0.4, -0.2) is 26.4 Å². The number of amides is 1. The number of hydrogen-bond donors (Lipinski definition) is 1. The van der Waals surface area contributed by atoms with Crippen molar-refractivity contribution in [3.8, 4) is 11.6 Å². The molecule has 3 aromatic rings. The molecular formula is C18H19IN4O2S. The molecule has 0 radical (unpaired) electrons. The highest BCUT2D eigenvalue weighted by atomic mass is 127. The molecule has 0 saturated carbocycles. The Kier molecular flexibility index (Phi) is 6.02. The van der Waals surface area contributed by atoms with Gasteiger partial charge < -0.3 is 14.3 Å². The lowest BCUT2D eigenvalue weighted by atomic mass is 10.0. The van der Waals surface area contributed by atoms with Crippen molar-refractivity contribution in [3.05, 3.63) is 45.7 Å². The SMILES string of the molecule is CC(C)c1cc(I)ccc1NC(=O)CSc1nnc(-c2ccco2)n1C. The highest BCUT2D eigenvalue weighted by Crippen LogP contribution is 2.27. The molecule has 8 heteroatoms. The van der Waals surface area contributed by atoms with Crippen LogP contribution in [0.1, 0.15) is 25.3 Å². The summed E-state index contributed by atoms with van der Waals surface area (Å²) in [4.78, 5) is 12.4. The smallest absolute Gasteiger partial charge is 0.234 e. The van der Waals surface area contributed by atoms with Crippen molar-refractivity contribution in [3.63, 3.8) is 0 Å². The molecule has 6 nitrogen and oxygen atoms in total. The minimum Gasteiger partial charge on any atom is -0.461 e. The third-order valence-corrected chi connectivity index (χ3v) is 5.51. The number of thioether (sulfide) groups is 1. The van der Waals surface area contributed by atoms with E-state index in [-0.39, 0.29) is 11.7 Å². The number of halogens is 1. The molecule has 2 aromatic heterocycles. The van der Waals surface area contributed by atoms with Crippen LogP contribution >= 0.6 is 34.4 Å². The molecule has 2 heterocycles. The monoisotopic (exact) mass is 482 g/mol. The van der Waals surface area contributed by atoms with E-state index in [1.807, 2.05) is 29.8 Å². The summed E-state index contributed by atoms with van der Waals surface area (Å²) >= 11 is 3.63. The van der Waals surface area contributed by atoms with Crippen LogP contribution in [0.25, 0.3) is 11.6 Å². The first-order chi connectivity index (χ1) is 12.5. The first-order valence-corrected chi connectivity index (χ1v) is 10.2. The summed E-state index contributed by atoms with van der Waals surface area (Å²) in [5.41, 5.74) is 1.99. The van der Waals surface area contributed by atoms with Gasteiger partial charge >= 0.3 is 0 Å². The lowest BCUT2D eigenvalue weighted by Crippen LogP contribution is -2.16. The van der Waals surface area contributed by atoms with Crippen LogP contribution in [-0.2, 0) is 11.8 Å². The fraction of sp³-hybridized carbons (Fsp3) is 0.278. The fourth-order valence-corrected chi connectivity index (χ4v) is 3.73. The summed E-state index contributed by atoms with van der Waals surface area (Å²) in [6.45, 7) is 4.23. The zero-order valence-electron chi connectivity index (χ0n) is 14.7. The molecule has 0 saturated heterocycles. The molecule has 1 N–H and O–H groups in total. The number of rotatable bonds is 6. The average molecular weight is 482 g/mol. The Labute approximate surface area is 169 Å². The van der Waals surface area contributed by atoms with Crippen molar-refractivity contribution in [2.24, 2.45) is 7.05 Å². The molecule has 1 aromatic carbocycles. The molecule has 0 unspecified atom stereocenters.